The molecule has 1 aromatic carbocycles. The van der Waals surface area contributed by atoms with E-state index in [-0.39, 0.29) is 29.1 Å². The Bertz CT molecular complexity index is 677. The number of rotatable bonds is 3. The Morgan fingerprint density at radius 3 is 2.08 bits per heavy atom. The van der Waals surface area contributed by atoms with Gasteiger partial charge < -0.3 is 20.2 Å². The number of amides is 3. The van der Waals surface area contributed by atoms with Gasteiger partial charge in [0.25, 0.3) is 5.91 Å². The second-order valence-electron chi connectivity index (χ2n) is 6.91. The van der Waals surface area contributed by atoms with Crippen molar-refractivity contribution in [2.75, 3.05) is 26.2 Å². The summed E-state index contributed by atoms with van der Waals surface area (Å²) in [5.74, 6) is -1.41. The minimum atomic E-state index is -1.11. The van der Waals surface area contributed by atoms with Crippen molar-refractivity contribution in [3.05, 3.63) is 35.4 Å². The van der Waals surface area contributed by atoms with E-state index in [2.05, 4.69) is 5.32 Å². The molecule has 140 valence electrons. The Morgan fingerprint density at radius 1 is 0.885 bits per heavy atom. The molecule has 2 aliphatic rings. The van der Waals surface area contributed by atoms with Crippen molar-refractivity contribution in [1.29, 1.82) is 0 Å². The molecule has 1 aromatic rings. The van der Waals surface area contributed by atoms with E-state index in [1.165, 1.54) is 18.6 Å². The van der Waals surface area contributed by atoms with Gasteiger partial charge in [0.1, 0.15) is 0 Å². The highest BCUT2D eigenvalue weighted by atomic mass is 16.4. The molecule has 1 saturated carbocycles. The van der Waals surface area contributed by atoms with E-state index in [1.807, 2.05) is 0 Å². The van der Waals surface area contributed by atoms with Crippen LogP contribution in [0, 0.1) is 0 Å². The molecule has 0 aromatic heterocycles. The molecular formula is C19H25N3O4. The number of nitrogens with one attached hydrogen (secondary N) is 1. The smallest absolute Gasteiger partial charge is 0.336 e. The van der Waals surface area contributed by atoms with E-state index in [0.29, 0.717) is 26.2 Å². The zero-order valence-electron chi connectivity index (χ0n) is 14.8. The van der Waals surface area contributed by atoms with Gasteiger partial charge in [0.2, 0.25) is 0 Å². The maximum absolute atomic E-state index is 12.7. The summed E-state index contributed by atoms with van der Waals surface area (Å²) in [6.45, 7) is 1.73. The molecule has 1 aliphatic carbocycles. The van der Waals surface area contributed by atoms with Gasteiger partial charge in [-0.15, -0.1) is 0 Å². The molecule has 26 heavy (non-hydrogen) atoms. The molecule has 0 bridgehead atoms. The first kappa shape index (κ1) is 18.2. The predicted octanol–water partition coefficient (Wildman–Crippen LogP) is 2.18. The van der Waals surface area contributed by atoms with Crippen LogP contribution in [0.5, 0.6) is 0 Å². The van der Waals surface area contributed by atoms with Crippen molar-refractivity contribution in [3.63, 3.8) is 0 Å². The Labute approximate surface area is 153 Å². The molecule has 2 fully saturated rings. The number of piperazine rings is 1. The van der Waals surface area contributed by atoms with E-state index >= 15 is 0 Å². The van der Waals surface area contributed by atoms with Gasteiger partial charge in [-0.05, 0) is 25.0 Å². The first-order valence-corrected chi connectivity index (χ1v) is 9.23. The van der Waals surface area contributed by atoms with Crippen molar-refractivity contribution in [2.45, 2.75) is 38.1 Å². The van der Waals surface area contributed by atoms with Crippen LogP contribution in [0.2, 0.25) is 0 Å². The number of carbonyl (C=O) groups excluding carboxylic acids is 2. The Morgan fingerprint density at radius 2 is 1.46 bits per heavy atom. The van der Waals surface area contributed by atoms with Crippen molar-refractivity contribution in [3.8, 4) is 0 Å². The number of carbonyl (C=O) groups is 3. The van der Waals surface area contributed by atoms with Crippen LogP contribution in [0.1, 0.15) is 52.8 Å². The first-order chi connectivity index (χ1) is 12.6. The van der Waals surface area contributed by atoms with Gasteiger partial charge in [-0.3, -0.25) is 4.79 Å². The monoisotopic (exact) mass is 359 g/mol. The number of aromatic carboxylic acids is 1. The third-order valence-electron chi connectivity index (χ3n) is 5.17. The fourth-order valence-corrected chi connectivity index (χ4v) is 3.65. The van der Waals surface area contributed by atoms with Crippen LogP contribution >= 0.6 is 0 Å². The highest BCUT2D eigenvalue weighted by molar-refractivity contribution is 6.04. The molecule has 0 unspecified atom stereocenters. The molecule has 2 N–H and O–H groups in total. The minimum Gasteiger partial charge on any atom is -0.478 e. The van der Waals surface area contributed by atoms with Gasteiger partial charge in [-0.1, -0.05) is 31.4 Å². The molecular weight excluding hydrogens is 334 g/mol. The summed E-state index contributed by atoms with van der Waals surface area (Å²) in [4.78, 5) is 39.7. The summed E-state index contributed by atoms with van der Waals surface area (Å²) in [5.41, 5.74) is 0.204. The minimum absolute atomic E-state index is 0.00923. The van der Waals surface area contributed by atoms with Gasteiger partial charge in [-0.2, -0.15) is 0 Å². The summed E-state index contributed by atoms with van der Waals surface area (Å²) in [6, 6.07) is 6.44. The zero-order chi connectivity index (χ0) is 18.5. The van der Waals surface area contributed by atoms with Gasteiger partial charge in [-0.25, -0.2) is 9.59 Å². The normalized spacial score (nSPS) is 18.5. The lowest BCUT2D eigenvalue weighted by atomic mass is 9.96. The molecule has 7 heteroatoms. The maximum Gasteiger partial charge on any atom is 0.336 e. The molecule has 1 aliphatic heterocycles. The van der Waals surface area contributed by atoms with E-state index < -0.39 is 5.97 Å². The summed E-state index contributed by atoms with van der Waals surface area (Å²) >= 11 is 0. The second kappa shape index (κ2) is 8.21. The SMILES string of the molecule is O=C(O)c1ccccc1C(=O)N1CCN(C(=O)NC2CCCCC2)CC1. The molecule has 0 radical (unpaired) electrons. The quantitative estimate of drug-likeness (QED) is 0.866. The standard InChI is InChI=1S/C19H25N3O4/c23-17(15-8-4-5-9-16(15)18(24)25)21-10-12-22(13-11-21)19(26)20-14-6-2-1-3-7-14/h4-5,8-9,14H,1-3,6-7,10-13H2,(H,20,26)(H,24,25). The third-order valence-corrected chi connectivity index (χ3v) is 5.17. The highest BCUT2D eigenvalue weighted by Crippen LogP contribution is 2.18. The largest absolute Gasteiger partial charge is 0.478 e. The van der Waals surface area contributed by atoms with Crippen LogP contribution < -0.4 is 5.32 Å². The zero-order valence-corrected chi connectivity index (χ0v) is 14.8. The topological polar surface area (TPSA) is 90.0 Å². The van der Waals surface area contributed by atoms with Crippen LogP contribution in [-0.2, 0) is 0 Å². The number of urea groups is 1. The molecule has 7 nitrogen and oxygen atoms in total. The summed E-state index contributed by atoms with van der Waals surface area (Å²) < 4.78 is 0. The van der Waals surface area contributed by atoms with Crippen molar-refractivity contribution >= 4 is 17.9 Å². The molecule has 3 rings (SSSR count). The van der Waals surface area contributed by atoms with E-state index in [0.717, 1.165) is 25.7 Å². The second-order valence-corrected chi connectivity index (χ2v) is 6.91. The molecule has 0 atom stereocenters. The van der Waals surface area contributed by atoms with Crippen molar-refractivity contribution in [1.82, 2.24) is 15.1 Å². The number of carboxylic acids is 1. The fraction of sp³-hybridized carbons (Fsp3) is 0.526. The van der Waals surface area contributed by atoms with E-state index in [1.54, 1.807) is 21.9 Å². The Kier molecular flexibility index (Phi) is 5.75. The lowest BCUT2D eigenvalue weighted by molar-refractivity contribution is 0.0636. The average Bonchev–Trinajstić information content (AvgIpc) is 2.68. The number of benzene rings is 1. The molecule has 1 heterocycles. The van der Waals surface area contributed by atoms with Crippen molar-refractivity contribution < 1.29 is 19.5 Å². The van der Waals surface area contributed by atoms with Gasteiger partial charge in [0, 0.05) is 32.2 Å². The van der Waals surface area contributed by atoms with Crippen LogP contribution in [0.25, 0.3) is 0 Å². The number of hydrogen-bond acceptors (Lipinski definition) is 3. The predicted molar refractivity (Wildman–Crippen MR) is 96.3 cm³/mol. The fourth-order valence-electron chi connectivity index (χ4n) is 3.65. The number of nitrogens with zero attached hydrogens (tertiary/aromatic N) is 2. The molecule has 1 saturated heterocycles. The third kappa shape index (κ3) is 4.15. The molecule has 0 spiro atoms. The van der Waals surface area contributed by atoms with Gasteiger partial charge >= 0.3 is 12.0 Å². The number of hydrogen-bond donors (Lipinski definition) is 2. The van der Waals surface area contributed by atoms with Crippen LogP contribution in [-0.4, -0.2) is 65.0 Å². The van der Waals surface area contributed by atoms with E-state index in [4.69, 9.17) is 0 Å². The van der Waals surface area contributed by atoms with Crippen LogP contribution in [0.15, 0.2) is 24.3 Å². The number of carboxylic acid groups (broad SMARTS) is 1. The highest BCUT2D eigenvalue weighted by Gasteiger charge is 2.28. The van der Waals surface area contributed by atoms with Gasteiger partial charge in [0.05, 0.1) is 11.1 Å². The maximum atomic E-state index is 12.7. The summed E-state index contributed by atoms with van der Waals surface area (Å²) in [5, 5.41) is 12.3. The lowest BCUT2D eigenvalue weighted by Gasteiger charge is -2.36. The lowest BCUT2D eigenvalue weighted by Crippen LogP contribution is -2.54. The summed E-state index contributed by atoms with van der Waals surface area (Å²) in [7, 11) is 0. The summed E-state index contributed by atoms with van der Waals surface area (Å²) in [6.07, 6.45) is 5.64. The van der Waals surface area contributed by atoms with Gasteiger partial charge in [0.15, 0.2) is 0 Å². The Balaban J connectivity index is 1.55. The average molecular weight is 359 g/mol. The van der Waals surface area contributed by atoms with Crippen LogP contribution in [0.4, 0.5) is 4.79 Å². The van der Waals surface area contributed by atoms with Crippen LogP contribution in [0.3, 0.4) is 0 Å². The Hall–Kier alpha value is -2.57. The first-order valence-electron chi connectivity index (χ1n) is 9.23. The van der Waals surface area contributed by atoms with Crippen molar-refractivity contribution in [2.24, 2.45) is 0 Å². The molecule has 3 amide bonds. The van der Waals surface area contributed by atoms with E-state index in [9.17, 15) is 19.5 Å².